The van der Waals surface area contributed by atoms with Crippen LogP contribution >= 0.6 is 0 Å². The Labute approximate surface area is 120 Å². The lowest BCUT2D eigenvalue weighted by Crippen LogP contribution is -2.25. The average molecular weight is 263 g/mol. The first kappa shape index (κ1) is 18.2. The van der Waals surface area contributed by atoms with Gasteiger partial charge < -0.3 is 5.73 Å². The summed E-state index contributed by atoms with van der Waals surface area (Å²) in [7, 11) is 0. The smallest absolute Gasteiger partial charge is 0.0300 e. The summed E-state index contributed by atoms with van der Waals surface area (Å²) in [6, 6.07) is 0.145. The van der Waals surface area contributed by atoms with Crippen molar-refractivity contribution < 1.29 is 0 Å². The minimum atomic E-state index is 0.145. The molecule has 1 atom stereocenters. The van der Waals surface area contributed by atoms with Crippen LogP contribution in [0.1, 0.15) is 67.7 Å². The maximum atomic E-state index is 6.44. The van der Waals surface area contributed by atoms with E-state index in [1.165, 1.54) is 22.3 Å². The first-order chi connectivity index (χ1) is 8.77. The zero-order chi connectivity index (χ0) is 15.0. The van der Waals surface area contributed by atoms with Gasteiger partial charge in [0, 0.05) is 6.04 Å². The van der Waals surface area contributed by atoms with Crippen LogP contribution in [0, 0.1) is 5.92 Å². The van der Waals surface area contributed by atoms with Crippen molar-refractivity contribution in [1.29, 1.82) is 0 Å². The first-order valence-corrected chi connectivity index (χ1v) is 7.56. The highest BCUT2D eigenvalue weighted by molar-refractivity contribution is 5.39. The van der Waals surface area contributed by atoms with E-state index in [0.29, 0.717) is 5.92 Å². The maximum absolute atomic E-state index is 6.44. The average Bonchev–Trinajstić information content (AvgIpc) is 2.23. The van der Waals surface area contributed by atoms with Gasteiger partial charge in [0.2, 0.25) is 0 Å². The molecular formula is C18H33N. The predicted molar refractivity (Wildman–Crippen MR) is 88.2 cm³/mol. The summed E-state index contributed by atoms with van der Waals surface area (Å²) in [6.07, 6.45) is 7.89. The van der Waals surface area contributed by atoms with Crippen molar-refractivity contribution in [1.82, 2.24) is 0 Å². The fourth-order valence-corrected chi connectivity index (χ4v) is 2.30. The third-order valence-corrected chi connectivity index (χ3v) is 2.92. The Kier molecular flexibility index (Phi) is 8.75. The minimum absolute atomic E-state index is 0.145. The summed E-state index contributed by atoms with van der Waals surface area (Å²) in [4.78, 5) is 0. The van der Waals surface area contributed by atoms with E-state index in [1.54, 1.807) is 0 Å². The zero-order valence-corrected chi connectivity index (χ0v) is 14.0. The fraction of sp³-hybridized carbons (Fsp3) is 0.667. The quantitative estimate of drug-likeness (QED) is 0.612. The van der Waals surface area contributed by atoms with E-state index >= 15 is 0 Å². The van der Waals surface area contributed by atoms with E-state index < -0.39 is 0 Å². The molecule has 1 nitrogen and oxygen atoms in total. The molecular weight excluding hydrogens is 230 g/mol. The van der Waals surface area contributed by atoms with Gasteiger partial charge in [0.05, 0.1) is 0 Å². The molecule has 1 heteroatoms. The van der Waals surface area contributed by atoms with E-state index in [-0.39, 0.29) is 6.04 Å². The Morgan fingerprint density at radius 1 is 1.00 bits per heavy atom. The Balaban J connectivity index is 5.59. The van der Waals surface area contributed by atoms with Crippen molar-refractivity contribution in [2.75, 3.05) is 0 Å². The lowest BCUT2D eigenvalue weighted by molar-refractivity contribution is 0.534. The van der Waals surface area contributed by atoms with Crippen molar-refractivity contribution in [3.05, 3.63) is 34.4 Å². The molecule has 19 heavy (non-hydrogen) atoms. The lowest BCUT2D eigenvalue weighted by Gasteiger charge is -2.20. The molecule has 0 aromatic heterocycles. The molecule has 0 amide bonds. The molecule has 0 aliphatic heterocycles. The molecule has 0 saturated carbocycles. The molecule has 0 spiro atoms. The van der Waals surface area contributed by atoms with Crippen LogP contribution in [0.25, 0.3) is 0 Å². The molecule has 2 N–H and O–H groups in total. The molecule has 0 aliphatic carbocycles. The normalized spacial score (nSPS) is 13.9. The fourth-order valence-electron chi connectivity index (χ4n) is 2.30. The van der Waals surface area contributed by atoms with Crippen LogP contribution in [0.15, 0.2) is 34.4 Å². The number of allylic oxidation sites excluding steroid dienone is 4. The number of nitrogens with two attached hydrogens (primary N) is 1. The third-order valence-electron chi connectivity index (χ3n) is 2.92. The number of hydrogen-bond acceptors (Lipinski definition) is 1. The molecule has 0 aliphatic rings. The highest BCUT2D eigenvalue weighted by Gasteiger charge is 2.13. The third kappa shape index (κ3) is 8.05. The Hall–Kier alpha value is -0.820. The SMILES string of the molecule is CCC/C(C=C(C)C)=C(/C=C(C)C)C(N)CC(C)C. The van der Waals surface area contributed by atoms with E-state index in [2.05, 4.69) is 60.6 Å². The topological polar surface area (TPSA) is 26.0 Å². The summed E-state index contributed by atoms with van der Waals surface area (Å²) in [5.74, 6) is 0.630. The van der Waals surface area contributed by atoms with E-state index in [1.807, 2.05) is 0 Å². The van der Waals surface area contributed by atoms with E-state index in [9.17, 15) is 0 Å². The van der Waals surface area contributed by atoms with Crippen LogP contribution < -0.4 is 5.73 Å². The van der Waals surface area contributed by atoms with Gasteiger partial charge in [-0.1, -0.05) is 50.5 Å². The Morgan fingerprint density at radius 3 is 1.89 bits per heavy atom. The summed E-state index contributed by atoms with van der Waals surface area (Å²) >= 11 is 0. The summed E-state index contributed by atoms with van der Waals surface area (Å²) in [5, 5.41) is 0. The van der Waals surface area contributed by atoms with Crippen molar-refractivity contribution in [2.24, 2.45) is 11.7 Å². The largest absolute Gasteiger partial charge is 0.324 e. The Bertz CT molecular complexity index is 348. The van der Waals surface area contributed by atoms with Crippen molar-refractivity contribution in [2.45, 2.75) is 73.8 Å². The maximum Gasteiger partial charge on any atom is 0.0300 e. The first-order valence-electron chi connectivity index (χ1n) is 7.56. The molecule has 0 bridgehead atoms. The van der Waals surface area contributed by atoms with Crippen LogP contribution in [-0.2, 0) is 0 Å². The molecule has 0 rings (SSSR count). The van der Waals surface area contributed by atoms with Gasteiger partial charge in [-0.05, 0) is 57.6 Å². The van der Waals surface area contributed by atoms with Crippen LogP contribution in [-0.4, -0.2) is 6.04 Å². The van der Waals surface area contributed by atoms with Crippen molar-refractivity contribution >= 4 is 0 Å². The van der Waals surface area contributed by atoms with Crippen LogP contribution in [0.4, 0.5) is 0 Å². The second-order valence-corrected chi connectivity index (χ2v) is 6.41. The zero-order valence-electron chi connectivity index (χ0n) is 14.0. The van der Waals surface area contributed by atoms with Crippen molar-refractivity contribution in [3.8, 4) is 0 Å². The Morgan fingerprint density at radius 2 is 1.53 bits per heavy atom. The molecule has 0 aromatic carbocycles. The second kappa shape index (κ2) is 9.14. The summed E-state index contributed by atoms with van der Waals surface area (Å²) < 4.78 is 0. The summed E-state index contributed by atoms with van der Waals surface area (Å²) in [6.45, 7) is 15.3. The molecule has 0 saturated heterocycles. The number of rotatable bonds is 7. The monoisotopic (exact) mass is 263 g/mol. The van der Waals surface area contributed by atoms with Gasteiger partial charge in [0.25, 0.3) is 0 Å². The molecule has 1 unspecified atom stereocenters. The minimum Gasteiger partial charge on any atom is -0.324 e. The van der Waals surface area contributed by atoms with Crippen LogP contribution in [0.5, 0.6) is 0 Å². The lowest BCUT2D eigenvalue weighted by atomic mass is 9.90. The predicted octanol–water partition coefficient (Wildman–Crippen LogP) is 5.39. The van der Waals surface area contributed by atoms with Crippen LogP contribution in [0.3, 0.4) is 0 Å². The van der Waals surface area contributed by atoms with Crippen LogP contribution in [0.2, 0.25) is 0 Å². The van der Waals surface area contributed by atoms with Gasteiger partial charge in [-0.3, -0.25) is 0 Å². The molecule has 0 heterocycles. The van der Waals surface area contributed by atoms with Gasteiger partial charge in [-0.25, -0.2) is 0 Å². The van der Waals surface area contributed by atoms with Crippen molar-refractivity contribution in [3.63, 3.8) is 0 Å². The molecule has 0 aromatic rings. The van der Waals surface area contributed by atoms with Gasteiger partial charge in [0.15, 0.2) is 0 Å². The van der Waals surface area contributed by atoms with E-state index in [4.69, 9.17) is 5.73 Å². The van der Waals surface area contributed by atoms with Gasteiger partial charge in [-0.2, -0.15) is 0 Å². The molecule has 0 fully saturated rings. The summed E-state index contributed by atoms with van der Waals surface area (Å²) in [5.41, 5.74) is 11.9. The van der Waals surface area contributed by atoms with Gasteiger partial charge >= 0.3 is 0 Å². The van der Waals surface area contributed by atoms with Gasteiger partial charge in [-0.15, -0.1) is 0 Å². The van der Waals surface area contributed by atoms with Gasteiger partial charge in [0.1, 0.15) is 0 Å². The van der Waals surface area contributed by atoms with E-state index in [0.717, 1.165) is 19.3 Å². The molecule has 110 valence electrons. The standard InChI is InChI=1S/C18H33N/c1-8-9-16(10-13(2)3)17(11-14(4)5)18(19)12-15(6)7/h10-11,15,18H,8-9,12,19H2,1-7H3/b17-16+. The molecule has 0 radical (unpaired) electrons. The highest BCUT2D eigenvalue weighted by atomic mass is 14.6. The second-order valence-electron chi connectivity index (χ2n) is 6.41. The number of hydrogen-bond donors (Lipinski definition) is 1. The highest BCUT2D eigenvalue weighted by Crippen LogP contribution is 2.22.